The molecule has 0 spiro atoms. The maximum absolute atomic E-state index is 11.4. The Bertz CT molecular complexity index is 1470. The van der Waals surface area contributed by atoms with E-state index in [2.05, 4.69) is 69.9 Å². The molecule has 7 nitrogen and oxygen atoms in total. The number of carbonyl (C=O) groups excluding carboxylic acids is 2. The Kier molecular flexibility index (Phi) is 7.67. The Morgan fingerprint density at radius 2 is 1.92 bits per heavy atom. The summed E-state index contributed by atoms with van der Waals surface area (Å²) in [6.07, 6.45) is 8.08. The zero-order chi connectivity index (χ0) is 26.5. The number of aryl methyl sites for hydroxylation is 1. The quantitative estimate of drug-likeness (QED) is 0.139. The van der Waals surface area contributed by atoms with Crippen molar-refractivity contribution in [1.82, 2.24) is 15.4 Å². The maximum atomic E-state index is 11.4. The molecule has 4 aromatic rings. The summed E-state index contributed by atoms with van der Waals surface area (Å²) in [6, 6.07) is 23.1. The molecular weight excluding hydrogens is 476 g/mol. The van der Waals surface area contributed by atoms with Gasteiger partial charge < -0.3 is 10.3 Å². The largest absolute Gasteiger partial charge is 0.361 e. The molecule has 0 saturated carbocycles. The van der Waals surface area contributed by atoms with E-state index < -0.39 is 5.91 Å². The normalized spacial score (nSPS) is 14.8. The van der Waals surface area contributed by atoms with Crippen LogP contribution in [0.5, 0.6) is 0 Å². The van der Waals surface area contributed by atoms with Gasteiger partial charge in [0.2, 0.25) is 5.91 Å². The summed E-state index contributed by atoms with van der Waals surface area (Å²) in [5.74, 6) is -0.622. The van der Waals surface area contributed by atoms with E-state index in [4.69, 9.17) is 5.21 Å². The second-order valence-corrected chi connectivity index (χ2v) is 9.78. The lowest BCUT2D eigenvalue weighted by Gasteiger charge is -2.30. The van der Waals surface area contributed by atoms with Gasteiger partial charge in [-0.05, 0) is 71.4 Å². The summed E-state index contributed by atoms with van der Waals surface area (Å²) >= 11 is 0. The molecule has 2 amide bonds. The minimum absolute atomic E-state index is 0.0770. The van der Waals surface area contributed by atoms with Gasteiger partial charge in [0.05, 0.1) is 0 Å². The zero-order valence-corrected chi connectivity index (χ0v) is 21.4. The van der Waals surface area contributed by atoms with E-state index in [1.54, 1.807) is 11.6 Å². The van der Waals surface area contributed by atoms with E-state index in [9.17, 15) is 9.59 Å². The second kappa shape index (κ2) is 11.5. The van der Waals surface area contributed by atoms with Crippen LogP contribution in [-0.4, -0.2) is 33.5 Å². The first-order valence-corrected chi connectivity index (χ1v) is 12.9. The Morgan fingerprint density at radius 1 is 1.11 bits per heavy atom. The van der Waals surface area contributed by atoms with Crippen LogP contribution in [0, 0.1) is 0 Å². The van der Waals surface area contributed by atoms with Crippen molar-refractivity contribution in [2.75, 3.05) is 11.9 Å². The first kappa shape index (κ1) is 25.4. The van der Waals surface area contributed by atoms with Crippen LogP contribution in [0.2, 0.25) is 0 Å². The number of nitrogens with one attached hydrogen (secondary N) is 3. The average Bonchev–Trinajstić information content (AvgIpc) is 3.54. The number of hydrogen-bond donors (Lipinski definition) is 4. The fourth-order valence-corrected chi connectivity index (χ4v) is 5.39. The van der Waals surface area contributed by atoms with Crippen molar-refractivity contribution < 1.29 is 14.8 Å². The molecule has 0 fully saturated rings. The summed E-state index contributed by atoms with van der Waals surface area (Å²) in [4.78, 5) is 28.7. The van der Waals surface area contributed by atoms with Crippen molar-refractivity contribution in [2.45, 2.75) is 38.8 Å². The van der Waals surface area contributed by atoms with Crippen molar-refractivity contribution in [3.05, 3.63) is 107 Å². The SMILES string of the molecule is CC(=O)Nc1ccc(CN(CCc2c[nH]c3ccccc23)[C@@H]2CCc3cc(/C=C/C(=O)NO)ccc32)cc1. The average molecular weight is 509 g/mol. The van der Waals surface area contributed by atoms with Gasteiger partial charge in [-0.25, -0.2) is 5.48 Å². The zero-order valence-electron chi connectivity index (χ0n) is 21.4. The number of hydroxylamine groups is 1. The molecule has 0 bridgehead atoms. The Hall–Kier alpha value is -4.20. The van der Waals surface area contributed by atoms with Gasteiger partial charge in [0.15, 0.2) is 0 Å². The van der Waals surface area contributed by atoms with Gasteiger partial charge in [0.25, 0.3) is 5.91 Å². The van der Waals surface area contributed by atoms with E-state index in [0.717, 1.165) is 49.1 Å². The standard InChI is InChI=1S/C31H32N4O3/c1-21(36)33-26-11-6-23(7-12-26)20-35(17-16-25-19-32-29-5-3-2-4-27(25)29)30-14-10-24-18-22(8-13-28(24)30)9-15-31(37)34-38/h2-9,11-13,15,18-19,30,32,38H,10,14,16-17,20H2,1H3,(H,33,36)(H,34,37)/b15-9+/t30-/m1/s1. The number of hydrogen-bond acceptors (Lipinski definition) is 4. The Labute approximate surface area is 222 Å². The van der Waals surface area contributed by atoms with Crippen LogP contribution in [0.1, 0.15) is 47.2 Å². The fraction of sp³-hybridized carbons (Fsp3) is 0.226. The van der Waals surface area contributed by atoms with Gasteiger partial charge in [0, 0.05) is 54.9 Å². The first-order chi connectivity index (χ1) is 18.5. The molecule has 5 rings (SSSR count). The molecule has 0 aliphatic heterocycles. The lowest BCUT2D eigenvalue weighted by atomic mass is 10.0. The van der Waals surface area contributed by atoms with Crippen LogP contribution < -0.4 is 10.8 Å². The van der Waals surface area contributed by atoms with E-state index >= 15 is 0 Å². The van der Waals surface area contributed by atoms with Crippen molar-refractivity contribution >= 4 is 34.5 Å². The molecule has 1 aromatic heterocycles. The highest BCUT2D eigenvalue weighted by molar-refractivity contribution is 5.91. The third-order valence-electron chi connectivity index (χ3n) is 7.19. The number of para-hydroxylation sites is 1. The third-order valence-corrected chi connectivity index (χ3v) is 7.19. The van der Waals surface area contributed by atoms with Crippen molar-refractivity contribution in [2.24, 2.45) is 0 Å². The molecule has 3 aromatic carbocycles. The topological polar surface area (TPSA) is 97.5 Å². The van der Waals surface area contributed by atoms with E-state index in [0.29, 0.717) is 0 Å². The monoisotopic (exact) mass is 508 g/mol. The molecule has 194 valence electrons. The highest BCUT2D eigenvalue weighted by atomic mass is 16.5. The van der Waals surface area contributed by atoms with Crippen LogP contribution >= 0.6 is 0 Å². The van der Waals surface area contributed by atoms with Gasteiger partial charge in [-0.1, -0.05) is 48.5 Å². The smallest absolute Gasteiger partial charge is 0.267 e. The van der Waals surface area contributed by atoms with Crippen molar-refractivity contribution in [3.8, 4) is 0 Å². The molecule has 4 N–H and O–H groups in total. The summed E-state index contributed by atoms with van der Waals surface area (Å²) in [5, 5.41) is 12.8. The lowest BCUT2D eigenvalue weighted by Crippen LogP contribution is -2.29. The number of benzene rings is 3. The van der Waals surface area contributed by atoms with Crippen LogP contribution in [0.4, 0.5) is 5.69 Å². The van der Waals surface area contributed by atoms with E-state index in [-0.39, 0.29) is 11.9 Å². The number of nitrogens with zero attached hydrogens (tertiary/aromatic N) is 1. The van der Waals surface area contributed by atoms with Gasteiger partial charge in [-0.2, -0.15) is 0 Å². The summed E-state index contributed by atoms with van der Waals surface area (Å²) in [5.41, 5.74) is 9.64. The number of fused-ring (bicyclic) bond motifs is 2. The number of rotatable bonds is 9. The number of carbonyl (C=O) groups is 2. The predicted molar refractivity (Wildman–Crippen MR) is 150 cm³/mol. The van der Waals surface area contributed by atoms with Crippen LogP contribution in [0.25, 0.3) is 17.0 Å². The van der Waals surface area contributed by atoms with Crippen LogP contribution in [-0.2, 0) is 29.0 Å². The molecule has 38 heavy (non-hydrogen) atoms. The van der Waals surface area contributed by atoms with Crippen molar-refractivity contribution in [1.29, 1.82) is 0 Å². The Balaban J connectivity index is 1.38. The molecule has 1 aliphatic rings. The highest BCUT2D eigenvalue weighted by Crippen LogP contribution is 2.37. The van der Waals surface area contributed by atoms with Gasteiger partial charge in [-0.15, -0.1) is 0 Å². The predicted octanol–water partition coefficient (Wildman–Crippen LogP) is 5.38. The molecular formula is C31H32N4O3. The fourth-order valence-electron chi connectivity index (χ4n) is 5.39. The second-order valence-electron chi connectivity index (χ2n) is 9.78. The lowest BCUT2D eigenvalue weighted by molar-refractivity contribution is -0.124. The number of anilines is 1. The summed E-state index contributed by atoms with van der Waals surface area (Å²) in [7, 11) is 0. The number of amides is 2. The van der Waals surface area contributed by atoms with Crippen LogP contribution in [0.15, 0.2) is 79.0 Å². The number of H-pyrrole nitrogens is 1. The molecule has 1 atom stereocenters. The first-order valence-electron chi connectivity index (χ1n) is 12.9. The third kappa shape index (κ3) is 5.85. The number of aromatic amines is 1. The van der Waals surface area contributed by atoms with Crippen LogP contribution in [0.3, 0.4) is 0 Å². The number of aromatic nitrogens is 1. The van der Waals surface area contributed by atoms with E-state index in [1.807, 2.05) is 18.2 Å². The van der Waals surface area contributed by atoms with Gasteiger partial charge in [-0.3, -0.25) is 19.7 Å². The minimum atomic E-state index is -0.545. The molecule has 1 aliphatic carbocycles. The molecule has 0 saturated heterocycles. The summed E-state index contributed by atoms with van der Waals surface area (Å²) < 4.78 is 0. The van der Waals surface area contributed by atoms with Crippen molar-refractivity contribution in [3.63, 3.8) is 0 Å². The van der Waals surface area contributed by atoms with Gasteiger partial charge in [0.1, 0.15) is 0 Å². The maximum Gasteiger partial charge on any atom is 0.267 e. The van der Waals surface area contributed by atoms with E-state index in [1.165, 1.54) is 40.6 Å². The highest BCUT2D eigenvalue weighted by Gasteiger charge is 2.28. The summed E-state index contributed by atoms with van der Waals surface area (Å²) in [6.45, 7) is 3.21. The molecule has 7 heteroatoms. The molecule has 0 radical (unpaired) electrons. The van der Waals surface area contributed by atoms with Gasteiger partial charge >= 0.3 is 0 Å². The minimum Gasteiger partial charge on any atom is -0.361 e. The molecule has 1 heterocycles. The molecule has 0 unspecified atom stereocenters. The Morgan fingerprint density at radius 3 is 2.71 bits per heavy atom.